The van der Waals surface area contributed by atoms with Gasteiger partial charge in [-0.1, -0.05) is 132 Å². The molecule has 0 spiro atoms. The van der Waals surface area contributed by atoms with E-state index in [0.29, 0.717) is 5.92 Å². The average Bonchev–Trinajstić information content (AvgIpc) is 3.64. The van der Waals surface area contributed by atoms with Crippen molar-refractivity contribution in [2.45, 2.75) is 66.0 Å². The Morgan fingerprint density at radius 3 is 1.71 bits per heavy atom. The first-order valence-electron chi connectivity index (χ1n) is 16.4. The van der Waals surface area contributed by atoms with Crippen molar-refractivity contribution in [2.24, 2.45) is 0 Å². The van der Waals surface area contributed by atoms with Crippen LogP contribution in [0.1, 0.15) is 57.2 Å². The zero-order chi connectivity index (χ0) is 33.0. The standard InChI is InChI=1S/C22H19.C20H21.C2H6Si.2ClH.Zr/c1-15(2)18-13-17-9-6-12-21(22(17)14-18)20-11-5-8-16-7-3-4-10-19(16)20;1-14-12-16-6-5-7-18(19(16)13-14)15-8-10-17(11-9-15)20(2,3)4;1-3-2;;;/h3-15H,1-2H3;5-13H,1-4H3;1-2H3;2*1H;/q2*-1;;;;+2/p-2. The van der Waals surface area contributed by atoms with Crippen LogP contribution in [0.2, 0.25) is 13.1 Å². The van der Waals surface area contributed by atoms with Gasteiger partial charge in [0, 0.05) is 0 Å². The van der Waals surface area contributed by atoms with Gasteiger partial charge in [-0.25, -0.2) is 0 Å². The summed E-state index contributed by atoms with van der Waals surface area (Å²) in [7, 11) is 0. The summed E-state index contributed by atoms with van der Waals surface area (Å²) in [5.74, 6) is 0.563. The van der Waals surface area contributed by atoms with Gasteiger partial charge in [0.2, 0.25) is 0 Å². The van der Waals surface area contributed by atoms with Crippen LogP contribution in [0, 0.1) is 6.92 Å². The van der Waals surface area contributed by atoms with E-state index in [1.165, 1.54) is 71.3 Å². The molecule has 0 nitrogen and oxygen atoms in total. The van der Waals surface area contributed by atoms with Gasteiger partial charge in [0.25, 0.3) is 0 Å². The van der Waals surface area contributed by atoms with Gasteiger partial charge in [-0.05, 0) is 38.8 Å². The first-order valence-corrected chi connectivity index (χ1v) is 22.6. The van der Waals surface area contributed by atoms with Gasteiger partial charge in [-0.15, -0.1) is 69.1 Å². The van der Waals surface area contributed by atoms with Crippen LogP contribution in [-0.2, 0) is 28.8 Å². The van der Waals surface area contributed by atoms with Crippen LogP contribution in [0.3, 0.4) is 0 Å². The molecule has 0 bridgehead atoms. The molecule has 0 atom stereocenters. The molecule has 7 aromatic rings. The smallest absolute Gasteiger partial charge is 0.0132 e. The van der Waals surface area contributed by atoms with Crippen molar-refractivity contribution in [3.8, 4) is 22.3 Å². The molecule has 0 radical (unpaired) electrons. The summed E-state index contributed by atoms with van der Waals surface area (Å²) in [5, 5.41) is 8.02. The quantitative estimate of drug-likeness (QED) is 0.133. The van der Waals surface area contributed by atoms with Gasteiger partial charge >= 0.3 is 41.9 Å². The van der Waals surface area contributed by atoms with E-state index in [9.17, 15) is 0 Å². The molecular weight excluding hydrogens is 719 g/mol. The van der Waals surface area contributed by atoms with Gasteiger partial charge in [-0.2, -0.15) is 12.1 Å². The Labute approximate surface area is 315 Å². The second-order valence-corrected chi connectivity index (χ2v) is 23.3. The minimum absolute atomic E-state index is 0. The Kier molecular flexibility index (Phi) is 14.3. The number of hydrogen-bond donors (Lipinski definition) is 0. The zero-order valence-electron chi connectivity index (χ0n) is 29.5. The number of hydrogen-bond acceptors (Lipinski definition) is 0. The van der Waals surface area contributed by atoms with Gasteiger partial charge in [0.1, 0.15) is 0 Å². The van der Waals surface area contributed by atoms with Crippen molar-refractivity contribution < 1.29 is 48.1 Å². The number of aryl methyl sites for hydroxylation is 1. The molecule has 48 heavy (non-hydrogen) atoms. The van der Waals surface area contributed by atoms with Crippen LogP contribution < -0.4 is 24.8 Å². The first-order chi connectivity index (χ1) is 21.9. The van der Waals surface area contributed by atoms with Crippen LogP contribution in [-0.4, -0.2) is 5.43 Å². The molecule has 7 aromatic carbocycles. The summed E-state index contributed by atoms with van der Waals surface area (Å²) in [5.41, 5.74) is 9.84. The summed E-state index contributed by atoms with van der Waals surface area (Å²) in [6, 6.07) is 46.6. The Balaban J connectivity index is 0.000000227. The van der Waals surface area contributed by atoms with Crippen molar-refractivity contribution in [2.75, 3.05) is 0 Å². The maximum absolute atomic E-state index is 2.36. The zero-order valence-corrected chi connectivity index (χ0v) is 34.4. The van der Waals surface area contributed by atoms with E-state index in [1.54, 1.807) is 23.3 Å². The fourth-order valence-electron chi connectivity index (χ4n) is 6.07. The fourth-order valence-corrected chi connectivity index (χ4v) is 6.07. The van der Waals surface area contributed by atoms with Crippen molar-refractivity contribution in [3.63, 3.8) is 0 Å². The third-order valence-corrected chi connectivity index (χ3v) is 8.48. The van der Waals surface area contributed by atoms with E-state index in [4.69, 9.17) is 0 Å². The van der Waals surface area contributed by atoms with Crippen molar-refractivity contribution in [1.82, 2.24) is 0 Å². The largest absolute Gasteiger partial charge is 1.00 e. The molecule has 0 aromatic heterocycles. The minimum atomic E-state index is 0. The Hall–Kier alpha value is -2.74. The van der Waals surface area contributed by atoms with Gasteiger partial charge < -0.3 is 24.8 Å². The fraction of sp³-hybridized carbons (Fsp3) is 0.227. The van der Waals surface area contributed by atoms with Gasteiger partial charge in [-0.3, -0.25) is 0 Å². The van der Waals surface area contributed by atoms with E-state index in [-0.39, 0.29) is 35.7 Å². The van der Waals surface area contributed by atoms with Crippen molar-refractivity contribution in [3.05, 3.63) is 144 Å². The molecule has 0 unspecified atom stereocenters. The normalized spacial score (nSPS) is 10.9. The molecule has 7 rings (SSSR count). The third-order valence-electron chi connectivity index (χ3n) is 8.48. The maximum Gasteiger partial charge on any atom is -0.0132 e. The SMILES string of the molecule is CC(C)c1cc2c(-c3cccc4ccccc34)cccc2[cH-]1.C[Si](C)=[Zr+2].Cc1cc2c(-c3ccc(C(C)(C)C)cc3)cccc2[cH-]1.[Cl-].[Cl-]. The second-order valence-electron chi connectivity index (χ2n) is 13.9. The molecule has 0 N–H and O–H groups in total. The topological polar surface area (TPSA) is 0 Å². The predicted octanol–water partition coefficient (Wildman–Crippen LogP) is 7.13. The van der Waals surface area contributed by atoms with Crippen LogP contribution in [0.25, 0.3) is 54.6 Å². The number of rotatable bonds is 3. The summed E-state index contributed by atoms with van der Waals surface area (Å²) in [4.78, 5) is 0. The summed E-state index contributed by atoms with van der Waals surface area (Å²) in [6.45, 7) is 18.0. The minimum Gasteiger partial charge on any atom is -1.00 e. The van der Waals surface area contributed by atoms with Crippen LogP contribution >= 0.6 is 0 Å². The van der Waals surface area contributed by atoms with E-state index in [1.807, 2.05) is 0 Å². The average molecular weight is 765 g/mol. The molecule has 0 aliphatic heterocycles. The molecule has 246 valence electrons. The van der Waals surface area contributed by atoms with Crippen LogP contribution in [0.5, 0.6) is 0 Å². The van der Waals surface area contributed by atoms with Crippen molar-refractivity contribution in [1.29, 1.82) is 0 Å². The van der Waals surface area contributed by atoms with Gasteiger partial charge in [0.05, 0.1) is 0 Å². The molecule has 4 heteroatoms. The van der Waals surface area contributed by atoms with E-state index >= 15 is 0 Å². The second kappa shape index (κ2) is 17.3. The maximum atomic E-state index is 2.36. The molecule has 0 aliphatic carbocycles. The third kappa shape index (κ3) is 9.48. The Bertz CT molecular complexity index is 2100. The molecule has 0 fully saturated rings. The molecule has 0 saturated heterocycles. The summed E-state index contributed by atoms with van der Waals surface area (Å²) < 4.78 is 0. The van der Waals surface area contributed by atoms with Gasteiger partial charge in [0.15, 0.2) is 0 Å². The monoisotopic (exact) mass is 762 g/mol. The Morgan fingerprint density at radius 2 is 1.10 bits per heavy atom. The Morgan fingerprint density at radius 1 is 0.604 bits per heavy atom. The molecular formula is C44H46Cl2SiZr-2. The van der Waals surface area contributed by atoms with Crippen LogP contribution in [0.4, 0.5) is 0 Å². The number of halogens is 2. The predicted molar refractivity (Wildman–Crippen MR) is 202 cm³/mol. The molecule has 0 amide bonds. The van der Waals surface area contributed by atoms with E-state index < -0.39 is 0 Å². The molecule has 0 saturated carbocycles. The van der Waals surface area contributed by atoms with E-state index in [0.717, 1.165) is 0 Å². The molecule has 0 heterocycles. The van der Waals surface area contributed by atoms with Crippen LogP contribution in [0.15, 0.2) is 127 Å². The summed E-state index contributed by atoms with van der Waals surface area (Å²) in [6.07, 6.45) is 0. The first kappa shape index (κ1) is 39.7. The van der Waals surface area contributed by atoms with Crippen molar-refractivity contribution >= 4 is 37.8 Å². The van der Waals surface area contributed by atoms with E-state index in [2.05, 4.69) is 182 Å². The number of fused-ring (bicyclic) bond motifs is 3. The number of benzene rings is 5. The molecule has 0 aliphatic rings. The summed E-state index contributed by atoms with van der Waals surface area (Å²) >= 11 is 1.74.